The molecule has 0 spiro atoms. The summed E-state index contributed by atoms with van der Waals surface area (Å²) >= 11 is 5.84. The SMILES string of the molecule is O=C(O)c1cc(Cl)ccc1Cc1ccc(-c2ccccc2C(F)(F)F)nc1. The Morgan fingerprint density at radius 1 is 1.07 bits per heavy atom. The fourth-order valence-corrected chi connectivity index (χ4v) is 2.94. The van der Waals surface area contributed by atoms with Crippen LogP contribution in [0.1, 0.15) is 27.0 Å². The van der Waals surface area contributed by atoms with Crippen LogP contribution in [0.3, 0.4) is 0 Å². The van der Waals surface area contributed by atoms with Crippen molar-refractivity contribution in [1.29, 1.82) is 0 Å². The molecule has 3 rings (SSSR count). The van der Waals surface area contributed by atoms with Gasteiger partial charge in [0.15, 0.2) is 0 Å². The Kier molecular flexibility index (Phi) is 5.19. The van der Waals surface area contributed by atoms with Crippen LogP contribution in [-0.2, 0) is 12.6 Å². The molecule has 3 aromatic rings. The lowest BCUT2D eigenvalue weighted by atomic mass is 9.99. The van der Waals surface area contributed by atoms with Crippen LogP contribution in [0.2, 0.25) is 5.02 Å². The lowest BCUT2D eigenvalue weighted by molar-refractivity contribution is -0.137. The van der Waals surface area contributed by atoms with Gasteiger partial charge in [-0.2, -0.15) is 13.2 Å². The van der Waals surface area contributed by atoms with E-state index >= 15 is 0 Å². The molecule has 0 atom stereocenters. The number of alkyl halides is 3. The standard InChI is InChI=1S/C20H13ClF3NO2/c21-14-7-6-13(16(10-14)19(26)27)9-12-5-8-18(25-11-12)15-3-1-2-4-17(15)20(22,23)24/h1-8,10-11H,9H2,(H,26,27). The molecule has 0 aliphatic carbocycles. The Morgan fingerprint density at radius 3 is 2.44 bits per heavy atom. The molecule has 0 aliphatic heterocycles. The molecule has 0 saturated carbocycles. The summed E-state index contributed by atoms with van der Waals surface area (Å²) < 4.78 is 39.5. The topological polar surface area (TPSA) is 50.2 Å². The largest absolute Gasteiger partial charge is 0.478 e. The van der Waals surface area contributed by atoms with E-state index < -0.39 is 17.7 Å². The molecule has 1 aromatic heterocycles. The molecule has 1 N–H and O–H groups in total. The number of carbonyl (C=O) groups is 1. The van der Waals surface area contributed by atoms with Gasteiger partial charge in [-0.05, 0) is 41.8 Å². The first-order valence-electron chi connectivity index (χ1n) is 7.89. The minimum absolute atomic E-state index is 0.00531. The number of aromatic nitrogens is 1. The molecule has 0 bridgehead atoms. The van der Waals surface area contributed by atoms with Crippen LogP contribution in [0.15, 0.2) is 60.8 Å². The second-order valence-electron chi connectivity index (χ2n) is 5.88. The van der Waals surface area contributed by atoms with Gasteiger partial charge in [0.1, 0.15) is 0 Å². The van der Waals surface area contributed by atoms with Gasteiger partial charge in [-0.3, -0.25) is 4.98 Å². The Bertz CT molecular complexity index is 985. The van der Waals surface area contributed by atoms with Crippen molar-refractivity contribution in [3.05, 3.63) is 88.1 Å². The second kappa shape index (κ2) is 7.40. The predicted octanol–water partition coefficient (Wildman–Crippen LogP) is 5.71. The average Bonchev–Trinajstić information content (AvgIpc) is 2.63. The molecule has 0 amide bonds. The van der Waals surface area contributed by atoms with Crippen LogP contribution in [0.5, 0.6) is 0 Å². The fourth-order valence-electron chi connectivity index (χ4n) is 2.76. The van der Waals surface area contributed by atoms with Crippen molar-refractivity contribution < 1.29 is 23.1 Å². The molecular formula is C20H13ClF3NO2. The van der Waals surface area contributed by atoms with Crippen molar-refractivity contribution >= 4 is 17.6 Å². The van der Waals surface area contributed by atoms with E-state index in [4.69, 9.17) is 11.6 Å². The second-order valence-corrected chi connectivity index (χ2v) is 6.31. The number of nitrogens with zero attached hydrogens (tertiary/aromatic N) is 1. The van der Waals surface area contributed by atoms with E-state index in [1.807, 2.05) is 0 Å². The molecule has 0 aliphatic rings. The Morgan fingerprint density at radius 2 is 1.81 bits per heavy atom. The number of carboxylic acids is 1. The third-order valence-corrected chi connectivity index (χ3v) is 4.27. The summed E-state index contributed by atoms with van der Waals surface area (Å²) in [6, 6.07) is 12.9. The van der Waals surface area contributed by atoms with Gasteiger partial charge in [-0.25, -0.2) is 4.79 Å². The highest BCUT2D eigenvalue weighted by molar-refractivity contribution is 6.31. The van der Waals surface area contributed by atoms with Crippen molar-refractivity contribution in [1.82, 2.24) is 4.98 Å². The van der Waals surface area contributed by atoms with Gasteiger partial charge in [0.05, 0.1) is 16.8 Å². The third kappa shape index (κ3) is 4.28. The molecule has 0 radical (unpaired) electrons. The van der Waals surface area contributed by atoms with E-state index in [9.17, 15) is 23.1 Å². The molecule has 0 unspecified atom stereocenters. The van der Waals surface area contributed by atoms with Gasteiger partial charge in [0.2, 0.25) is 0 Å². The summed E-state index contributed by atoms with van der Waals surface area (Å²) in [5.41, 5.74) is 0.728. The van der Waals surface area contributed by atoms with Gasteiger partial charge >= 0.3 is 12.1 Å². The van der Waals surface area contributed by atoms with Crippen LogP contribution in [0.25, 0.3) is 11.3 Å². The van der Waals surface area contributed by atoms with Crippen molar-refractivity contribution in [2.24, 2.45) is 0 Å². The quantitative estimate of drug-likeness (QED) is 0.619. The maximum absolute atomic E-state index is 13.2. The highest BCUT2D eigenvalue weighted by Gasteiger charge is 2.33. The number of hydrogen-bond donors (Lipinski definition) is 1. The number of halogens is 4. The molecule has 27 heavy (non-hydrogen) atoms. The van der Waals surface area contributed by atoms with Crippen LogP contribution in [0, 0.1) is 0 Å². The first-order chi connectivity index (χ1) is 12.8. The van der Waals surface area contributed by atoms with Crippen molar-refractivity contribution in [2.75, 3.05) is 0 Å². The molecule has 138 valence electrons. The van der Waals surface area contributed by atoms with Crippen LogP contribution < -0.4 is 0 Å². The minimum Gasteiger partial charge on any atom is -0.478 e. The molecular weight excluding hydrogens is 379 g/mol. The van der Waals surface area contributed by atoms with E-state index in [2.05, 4.69) is 4.98 Å². The van der Waals surface area contributed by atoms with Crippen LogP contribution >= 0.6 is 11.6 Å². The van der Waals surface area contributed by atoms with Crippen molar-refractivity contribution in [3.63, 3.8) is 0 Å². The normalized spacial score (nSPS) is 11.4. The predicted molar refractivity (Wildman–Crippen MR) is 95.9 cm³/mol. The number of hydrogen-bond acceptors (Lipinski definition) is 2. The zero-order valence-corrected chi connectivity index (χ0v) is 14.6. The van der Waals surface area contributed by atoms with Gasteiger partial charge in [-0.1, -0.05) is 41.9 Å². The van der Waals surface area contributed by atoms with Gasteiger partial charge in [-0.15, -0.1) is 0 Å². The molecule has 1 heterocycles. The smallest absolute Gasteiger partial charge is 0.417 e. The van der Waals surface area contributed by atoms with Crippen molar-refractivity contribution in [2.45, 2.75) is 12.6 Å². The monoisotopic (exact) mass is 391 g/mol. The average molecular weight is 392 g/mol. The summed E-state index contributed by atoms with van der Waals surface area (Å²) in [5.74, 6) is -1.10. The highest BCUT2D eigenvalue weighted by Crippen LogP contribution is 2.36. The summed E-state index contributed by atoms with van der Waals surface area (Å²) in [4.78, 5) is 15.5. The lowest BCUT2D eigenvalue weighted by Crippen LogP contribution is -2.07. The first-order valence-corrected chi connectivity index (χ1v) is 8.27. The van der Waals surface area contributed by atoms with E-state index in [1.54, 1.807) is 18.2 Å². The van der Waals surface area contributed by atoms with Crippen LogP contribution in [0.4, 0.5) is 13.2 Å². The summed E-state index contributed by atoms with van der Waals surface area (Å²) in [6.07, 6.45) is -2.76. The minimum atomic E-state index is -4.48. The molecule has 0 fully saturated rings. The van der Waals surface area contributed by atoms with Gasteiger partial charge < -0.3 is 5.11 Å². The fraction of sp³-hybridized carbons (Fsp3) is 0.100. The van der Waals surface area contributed by atoms with E-state index in [0.717, 1.165) is 6.07 Å². The lowest BCUT2D eigenvalue weighted by Gasteiger charge is -2.12. The van der Waals surface area contributed by atoms with E-state index in [0.29, 0.717) is 16.1 Å². The molecule has 3 nitrogen and oxygen atoms in total. The Hall–Kier alpha value is -2.86. The number of aromatic carboxylic acids is 1. The van der Waals surface area contributed by atoms with Crippen LogP contribution in [-0.4, -0.2) is 16.1 Å². The summed E-state index contributed by atoms with van der Waals surface area (Å²) in [7, 11) is 0. The van der Waals surface area contributed by atoms with Crippen molar-refractivity contribution in [3.8, 4) is 11.3 Å². The summed E-state index contributed by atoms with van der Waals surface area (Å²) in [5, 5.41) is 9.60. The molecule has 0 saturated heterocycles. The molecule has 7 heteroatoms. The molecule has 2 aromatic carbocycles. The van der Waals surface area contributed by atoms with Gasteiger partial charge in [0, 0.05) is 16.8 Å². The zero-order valence-electron chi connectivity index (χ0n) is 13.8. The number of carboxylic acid groups (broad SMARTS) is 1. The van der Waals surface area contributed by atoms with E-state index in [1.165, 1.54) is 36.5 Å². The van der Waals surface area contributed by atoms with Gasteiger partial charge in [0.25, 0.3) is 0 Å². The van der Waals surface area contributed by atoms with E-state index in [-0.39, 0.29) is 23.2 Å². The zero-order chi connectivity index (χ0) is 19.6. The first kappa shape index (κ1) is 18.9. The maximum Gasteiger partial charge on any atom is 0.417 e. The summed E-state index contributed by atoms with van der Waals surface area (Å²) in [6.45, 7) is 0. The maximum atomic E-state index is 13.2. The third-order valence-electron chi connectivity index (χ3n) is 4.03. The highest BCUT2D eigenvalue weighted by atomic mass is 35.5. The number of benzene rings is 2. The Balaban J connectivity index is 1.91. The number of rotatable bonds is 4. The number of pyridine rings is 1. The Labute approximate surface area is 158 Å².